The smallest absolute Gasteiger partial charge is 0.261 e. The maximum absolute atomic E-state index is 13.0. The largest absolute Gasteiger partial charge is 0.381 e. The highest BCUT2D eigenvalue weighted by molar-refractivity contribution is 8.13. The lowest BCUT2D eigenvalue weighted by molar-refractivity contribution is 0.0610. The average Bonchev–Trinajstić information content (AvgIpc) is 3.67. The maximum Gasteiger partial charge on any atom is 0.261 e. The molecule has 0 atom stereocenters. The maximum atomic E-state index is 13.0. The van der Waals surface area contributed by atoms with Gasteiger partial charge in [-0.05, 0) is 86.8 Å². The highest BCUT2D eigenvalue weighted by Crippen LogP contribution is 2.33. The van der Waals surface area contributed by atoms with Crippen molar-refractivity contribution in [2.24, 2.45) is 11.8 Å². The average molecular weight is 805 g/mol. The van der Waals surface area contributed by atoms with Crippen molar-refractivity contribution in [3.8, 4) is 0 Å². The fourth-order valence-electron chi connectivity index (χ4n) is 7.94. The molecule has 1 aliphatic carbocycles. The Morgan fingerprint density at radius 1 is 0.667 bits per heavy atom. The summed E-state index contributed by atoms with van der Waals surface area (Å²) in [7, 11) is -1.81. The Kier molecular flexibility index (Phi) is 12.6. The number of imidazole rings is 2. The van der Waals surface area contributed by atoms with Crippen LogP contribution >= 0.6 is 10.7 Å². The van der Waals surface area contributed by atoms with E-state index in [9.17, 15) is 16.8 Å². The summed E-state index contributed by atoms with van der Waals surface area (Å²) in [5.41, 5.74) is 3.15. The zero-order valence-electron chi connectivity index (χ0n) is 32.7. The standard InChI is InChI=1S/C23H35N3O3S.C17H23ClN2O3S/c1-23(2,3)22-24-20-15-19(30(27,28)25-18-7-5-4-6-8-18)9-10-21(20)26(22)16-17-11-13-29-14-12-17;1-17(2,3)16-19-14-10-13(24(18,21)22)4-5-15(14)20(16)11-12-6-8-23-9-7-12/h9-10,15,17-18,25H,4-8,11-14,16H2,1-3H3;4-5,10,12H,6-9,11H2,1-3H3. The first-order valence-corrected chi connectivity index (χ1v) is 23.3. The minimum absolute atomic E-state index is 0.0515. The zero-order chi connectivity index (χ0) is 38.9. The zero-order valence-corrected chi connectivity index (χ0v) is 35.1. The van der Waals surface area contributed by atoms with Crippen LogP contribution in [0.2, 0.25) is 0 Å². The molecule has 3 fully saturated rings. The van der Waals surface area contributed by atoms with Crippen molar-refractivity contribution in [3.05, 3.63) is 48.0 Å². The van der Waals surface area contributed by atoms with Crippen LogP contribution in [-0.2, 0) is 52.5 Å². The third kappa shape index (κ3) is 9.87. The van der Waals surface area contributed by atoms with Crippen molar-refractivity contribution in [3.63, 3.8) is 0 Å². The van der Waals surface area contributed by atoms with E-state index >= 15 is 0 Å². The van der Waals surface area contributed by atoms with Gasteiger partial charge >= 0.3 is 0 Å². The Bertz CT molecular complexity index is 2130. The lowest BCUT2D eigenvalue weighted by atomic mass is 9.94. The van der Waals surface area contributed by atoms with Crippen LogP contribution in [0.4, 0.5) is 0 Å². The number of hydrogen-bond donors (Lipinski definition) is 1. The fourth-order valence-corrected chi connectivity index (χ4v) is 10.0. The number of nitrogens with one attached hydrogen (secondary N) is 1. The number of sulfonamides is 1. The molecule has 2 aromatic carbocycles. The van der Waals surface area contributed by atoms with Crippen LogP contribution in [-0.4, -0.2) is 68.4 Å². The molecule has 0 unspecified atom stereocenters. The van der Waals surface area contributed by atoms with Crippen LogP contribution in [0, 0.1) is 11.8 Å². The van der Waals surface area contributed by atoms with Gasteiger partial charge in [-0.3, -0.25) is 0 Å². The number of fused-ring (bicyclic) bond motifs is 2. The number of benzene rings is 2. The van der Waals surface area contributed by atoms with Gasteiger partial charge in [0, 0.05) is 67.1 Å². The predicted molar refractivity (Wildman–Crippen MR) is 214 cm³/mol. The highest BCUT2D eigenvalue weighted by Gasteiger charge is 2.29. The molecule has 298 valence electrons. The molecule has 0 radical (unpaired) electrons. The third-order valence-corrected chi connectivity index (χ3v) is 13.7. The molecule has 0 spiro atoms. The SMILES string of the molecule is CC(C)(C)c1nc2cc(S(=O)(=O)Cl)ccc2n1CC1CCOCC1.CC(C)(C)c1nc2cc(S(=O)(=O)NC3CCCCC3)ccc2n1CC1CCOCC1. The van der Waals surface area contributed by atoms with E-state index in [0.29, 0.717) is 22.2 Å². The fraction of sp³-hybridized carbons (Fsp3) is 0.650. The van der Waals surface area contributed by atoms with E-state index in [4.69, 9.17) is 30.1 Å². The second-order valence-corrected chi connectivity index (χ2v) is 21.7. The van der Waals surface area contributed by atoms with E-state index in [1.165, 1.54) is 6.42 Å². The molecule has 2 aromatic heterocycles. The molecule has 7 rings (SSSR count). The van der Waals surface area contributed by atoms with Crippen LogP contribution in [0.5, 0.6) is 0 Å². The first kappa shape index (κ1) is 41.1. The van der Waals surface area contributed by atoms with Gasteiger partial charge in [0.1, 0.15) is 11.6 Å². The second-order valence-electron chi connectivity index (χ2n) is 17.4. The molecule has 1 saturated carbocycles. The molecule has 2 saturated heterocycles. The summed E-state index contributed by atoms with van der Waals surface area (Å²) in [6.07, 6.45) is 9.43. The van der Waals surface area contributed by atoms with E-state index in [0.717, 1.165) is 119 Å². The normalized spacial score (nSPS) is 18.9. The number of halogens is 1. The van der Waals surface area contributed by atoms with Gasteiger partial charge in [0.15, 0.2) is 0 Å². The summed E-state index contributed by atoms with van der Waals surface area (Å²) in [5.74, 6) is 3.09. The topological polar surface area (TPSA) is 134 Å². The van der Waals surface area contributed by atoms with Gasteiger partial charge in [-0.15, -0.1) is 0 Å². The van der Waals surface area contributed by atoms with Crippen LogP contribution in [0.25, 0.3) is 22.1 Å². The summed E-state index contributed by atoms with van der Waals surface area (Å²) in [4.78, 5) is 10.0. The van der Waals surface area contributed by atoms with Crippen LogP contribution < -0.4 is 4.72 Å². The van der Waals surface area contributed by atoms with Crippen molar-refractivity contribution in [2.45, 2.75) is 139 Å². The Morgan fingerprint density at radius 2 is 1.09 bits per heavy atom. The van der Waals surface area contributed by atoms with Crippen LogP contribution in [0.1, 0.15) is 111 Å². The molecule has 0 bridgehead atoms. The summed E-state index contributed by atoms with van der Waals surface area (Å²) in [6, 6.07) is 10.4. The molecule has 4 heterocycles. The first-order valence-electron chi connectivity index (χ1n) is 19.5. The lowest BCUT2D eigenvalue weighted by Gasteiger charge is -2.26. The minimum atomic E-state index is -3.75. The van der Waals surface area contributed by atoms with Crippen molar-refractivity contribution >= 4 is 51.8 Å². The minimum Gasteiger partial charge on any atom is -0.381 e. The molecule has 4 aromatic rings. The van der Waals surface area contributed by atoms with Gasteiger partial charge in [0.05, 0.1) is 31.9 Å². The Morgan fingerprint density at radius 3 is 1.52 bits per heavy atom. The molecular formula is C40H58ClN5O6S2. The third-order valence-electron chi connectivity index (χ3n) is 10.9. The molecule has 0 amide bonds. The lowest BCUT2D eigenvalue weighted by Crippen LogP contribution is -2.36. The summed E-state index contributed by atoms with van der Waals surface area (Å²) >= 11 is 0. The Labute approximate surface area is 326 Å². The summed E-state index contributed by atoms with van der Waals surface area (Å²) < 4.78 is 67.6. The van der Waals surface area contributed by atoms with Gasteiger partial charge in [0.25, 0.3) is 9.05 Å². The van der Waals surface area contributed by atoms with Gasteiger partial charge in [-0.2, -0.15) is 0 Å². The van der Waals surface area contributed by atoms with Crippen LogP contribution in [0.15, 0.2) is 46.2 Å². The van der Waals surface area contributed by atoms with E-state index in [1.807, 2.05) is 12.1 Å². The number of ether oxygens (including phenoxy) is 2. The van der Waals surface area contributed by atoms with Crippen molar-refractivity contribution in [2.75, 3.05) is 26.4 Å². The van der Waals surface area contributed by atoms with Crippen molar-refractivity contribution < 1.29 is 26.3 Å². The molecule has 1 N–H and O–H groups in total. The molecule has 2 aliphatic heterocycles. The van der Waals surface area contributed by atoms with Gasteiger partial charge in [-0.1, -0.05) is 60.8 Å². The molecular weight excluding hydrogens is 746 g/mol. The number of hydrogen-bond acceptors (Lipinski definition) is 8. The molecule has 54 heavy (non-hydrogen) atoms. The Balaban J connectivity index is 0.000000189. The quantitative estimate of drug-likeness (QED) is 0.177. The van der Waals surface area contributed by atoms with E-state index in [2.05, 4.69) is 55.4 Å². The molecule has 3 aliphatic rings. The van der Waals surface area contributed by atoms with Gasteiger partial charge in [0.2, 0.25) is 10.0 Å². The second kappa shape index (κ2) is 16.5. The molecule has 11 nitrogen and oxygen atoms in total. The van der Waals surface area contributed by atoms with Crippen molar-refractivity contribution in [1.82, 2.24) is 23.8 Å². The first-order chi connectivity index (χ1) is 25.4. The number of nitrogens with zero attached hydrogens (tertiary/aromatic N) is 4. The number of aromatic nitrogens is 4. The predicted octanol–water partition coefficient (Wildman–Crippen LogP) is 8.06. The van der Waals surface area contributed by atoms with Gasteiger partial charge in [-0.25, -0.2) is 31.5 Å². The van der Waals surface area contributed by atoms with E-state index < -0.39 is 19.1 Å². The monoisotopic (exact) mass is 803 g/mol. The van der Waals surface area contributed by atoms with E-state index in [1.54, 1.807) is 24.3 Å². The van der Waals surface area contributed by atoms with E-state index in [-0.39, 0.29) is 21.8 Å². The Hall–Kier alpha value is -2.55. The van der Waals surface area contributed by atoms with Crippen LogP contribution in [0.3, 0.4) is 0 Å². The highest BCUT2D eigenvalue weighted by atomic mass is 35.7. The molecule has 14 heteroatoms. The number of rotatable bonds is 8. The van der Waals surface area contributed by atoms with Gasteiger partial charge < -0.3 is 18.6 Å². The van der Waals surface area contributed by atoms with Crippen molar-refractivity contribution in [1.29, 1.82) is 0 Å². The summed E-state index contributed by atoms with van der Waals surface area (Å²) in [6.45, 7) is 17.9. The summed E-state index contributed by atoms with van der Waals surface area (Å²) in [5, 5.41) is 0.